The summed E-state index contributed by atoms with van der Waals surface area (Å²) >= 11 is 0. The van der Waals surface area contributed by atoms with Crippen molar-refractivity contribution in [3.63, 3.8) is 0 Å². The van der Waals surface area contributed by atoms with Crippen LogP contribution in [0, 0.1) is 5.92 Å². The van der Waals surface area contributed by atoms with E-state index in [1.54, 1.807) is 0 Å². The third-order valence-electron chi connectivity index (χ3n) is 4.64. The van der Waals surface area contributed by atoms with Crippen molar-refractivity contribution >= 4 is 0 Å². The number of rotatable bonds is 6. The van der Waals surface area contributed by atoms with Crippen molar-refractivity contribution in [2.45, 2.75) is 32.3 Å². The Morgan fingerprint density at radius 2 is 1.95 bits per heavy atom. The molecule has 2 heterocycles. The highest BCUT2D eigenvalue weighted by Crippen LogP contribution is 2.20. The predicted octanol–water partition coefficient (Wildman–Crippen LogP) is 1.03. The standard InChI is InChI=1S/C15H31N3O/c1-3-17-10-11-19-15(12-17)13-18-8-5-14(6-9-18)4-7-16-2/h14-16H,3-13H2,1-2H3. The van der Waals surface area contributed by atoms with Crippen molar-refractivity contribution in [1.82, 2.24) is 15.1 Å². The van der Waals surface area contributed by atoms with Crippen LogP contribution in [0.4, 0.5) is 0 Å². The van der Waals surface area contributed by atoms with E-state index in [-0.39, 0.29) is 0 Å². The predicted molar refractivity (Wildman–Crippen MR) is 79.6 cm³/mol. The second-order valence-corrected chi connectivity index (χ2v) is 6.02. The molecule has 2 saturated heterocycles. The highest BCUT2D eigenvalue weighted by Gasteiger charge is 2.24. The Labute approximate surface area is 118 Å². The molecule has 0 aromatic rings. The van der Waals surface area contributed by atoms with Crippen LogP contribution in [-0.2, 0) is 4.74 Å². The monoisotopic (exact) mass is 269 g/mol. The van der Waals surface area contributed by atoms with Crippen LogP contribution in [0.1, 0.15) is 26.2 Å². The van der Waals surface area contributed by atoms with Crippen molar-refractivity contribution in [2.75, 3.05) is 59.5 Å². The zero-order valence-corrected chi connectivity index (χ0v) is 12.7. The summed E-state index contributed by atoms with van der Waals surface area (Å²) in [4.78, 5) is 5.12. The molecule has 2 rings (SSSR count). The van der Waals surface area contributed by atoms with Gasteiger partial charge in [-0.05, 0) is 58.4 Å². The van der Waals surface area contributed by atoms with Gasteiger partial charge in [0.2, 0.25) is 0 Å². The van der Waals surface area contributed by atoms with Gasteiger partial charge in [0, 0.05) is 19.6 Å². The van der Waals surface area contributed by atoms with Crippen LogP contribution in [0.2, 0.25) is 0 Å². The van der Waals surface area contributed by atoms with Gasteiger partial charge in [0.05, 0.1) is 12.7 Å². The van der Waals surface area contributed by atoms with E-state index in [0.717, 1.165) is 38.7 Å². The molecule has 19 heavy (non-hydrogen) atoms. The van der Waals surface area contributed by atoms with E-state index in [0.29, 0.717) is 6.10 Å². The van der Waals surface area contributed by atoms with Gasteiger partial charge in [-0.3, -0.25) is 4.90 Å². The van der Waals surface area contributed by atoms with Crippen LogP contribution in [0.3, 0.4) is 0 Å². The number of ether oxygens (including phenoxy) is 1. The van der Waals surface area contributed by atoms with Crippen molar-refractivity contribution in [3.05, 3.63) is 0 Å². The number of likely N-dealkylation sites (tertiary alicyclic amines) is 1. The molecular weight excluding hydrogens is 238 g/mol. The Bertz CT molecular complexity index is 242. The smallest absolute Gasteiger partial charge is 0.0829 e. The quantitative estimate of drug-likeness (QED) is 0.779. The number of likely N-dealkylation sites (N-methyl/N-ethyl adjacent to an activating group) is 1. The molecule has 1 atom stereocenters. The van der Waals surface area contributed by atoms with E-state index >= 15 is 0 Å². The van der Waals surface area contributed by atoms with Gasteiger partial charge < -0.3 is 15.0 Å². The number of morpholine rings is 1. The molecule has 4 heteroatoms. The highest BCUT2D eigenvalue weighted by molar-refractivity contribution is 4.78. The van der Waals surface area contributed by atoms with Gasteiger partial charge in [0.25, 0.3) is 0 Å². The maximum Gasteiger partial charge on any atom is 0.0829 e. The second-order valence-electron chi connectivity index (χ2n) is 6.02. The van der Waals surface area contributed by atoms with Crippen LogP contribution >= 0.6 is 0 Å². The summed E-state index contributed by atoms with van der Waals surface area (Å²) in [5.74, 6) is 0.933. The lowest BCUT2D eigenvalue weighted by molar-refractivity contribution is -0.0453. The maximum atomic E-state index is 5.91. The first-order valence-corrected chi connectivity index (χ1v) is 8.02. The van der Waals surface area contributed by atoms with Crippen molar-refractivity contribution in [1.29, 1.82) is 0 Å². The molecule has 1 N–H and O–H groups in total. The molecule has 2 aliphatic heterocycles. The minimum Gasteiger partial charge on any atom is -0.374 e. The molecule has 1 unspecified atom stereocenters. The van der Waals surface area contributed by atoms with Crippen LogP contribution in [0.5, 0.6) is 0 Å². The minimum absolute atomic E-state index is 0.433. The first-order valence-electron chi connectivity index (χ1n) is 8.02. The molecule has 0 amide bonds. The largest absolute Gasteiger partial charge is 0.374 e. The fraction of sp³-hybridized carbons (Fsp3) is 1.00. The summed E-state index contributed by atoms with van der Waals surface area (Å²) in [6.07, 6.45) is 4.51. The molecule has 0 bridgehead atoms. The molecule has 2 aliphatic rings. The molecule has 2 fully saturated rings. The van der Waals surface area contributed by atoms with E-state index in [1.807, 2.05) is 0 Å². The summed E-state index contributed by atoms with van der Waals surface area (Å²) in [6.45, 7) is 11.4. The van der Waals surface area contributed by atoms with Gasteiger partial charge in [-0.15, -0.1) is 0 Å². The van der Waals surface area contributed by atoms with Gasteiger partial charge in [0.1, 0.15) is 0 Å². The van der Waals surface area contributed by atoms with Crippen LogP contribution < -0.4 is 5.32 Å². The number of piperidine rings is 1. The van der Waals surface area contributed by atoms with Crippen LogP contribution in [0.15, 0.2) is 0 Å². The Kier molecular flexibility index (Phi) is 6.57. The number of hydrogen-bond acceptors (Lipinski definition) is 4. The Hall–Kier alpha value is -0.160. The molecule has 0 aliphatic carbocycles. The summed E-state index contributed by atoms with van der Waals surface area (Å²) in [6, 6.07) is 0. The second kappa shape index (κ2) is 8.20. The number of nitrogens with zero attached hydrogens (tertiary/aromatic N) is 2. The SMILES string of the molecule is CCN1CCOC(CN2CCC(CCNC)CC2)C1. The van der Waals surface area contributed by atoms with Gasteiger partial charge >= 0.3 is 0 Å². The first kappa shape index (κ1) is 15.2. The van der Waals surface area contributed by atoms with E-state index in [4.69, 9.17) is 4.74 Å². The number of hydrogen-bond donors (Lipinski definition) is 1. The molecule has 112 valence electrons. The van der Waals surface area contributed by atoms with Crippen LogP contribution in [0.25, 0.3) is 0 Å². The topological polar surface area (TPSA) is 27.7 Å². The van der Waals surface area contributed by atoms with E-state index in [2.05, 4.69) is 29.1 Å². The third kappa shape index (κ3) is 5.03. The zero-order chi connectivity index (χ0) is 13.5. The fourth-order valence-electron chi connectivity index (χ4n) is 3.27. The molecule has 0 spiro atoms. The summed E-state index contributed by atoms with van der Waals surface area (Å²) < 4.78 is 5.91. The van der Waals surface area contributed by atoms with E-state index in [1.165, 1.54) is 38.9 Å². The Morgan fingerprint density at radius 3 is 2.63 bits per heavy atom. The summed E-state index contributed by atoms with van der Waals surface area (Å²) in [5.41, 5.74) is 0. The van der Waals surface area contributed by atoms with E-state index in [9.17, 15) is 0 Å². The molecule has 0 aromatic carbocycles. The molecule has 0 aromatic heterocycles. The first-order chi connectivity index (χ1) is 9.31. The molecular formula is C15H31N3O. The van der Waals surface area contributed by atoms with Crippen molar-refractivity contribution in [3.8, 4) is 0 Å². The average molecular weight is 269 g/mol. The lowest BCUT2D eigenvalue weighted by Crippen LogP contribution is -2.48. The summed E-state index contributed by atoms with van der Waals surface area (Å²) in [5, 5.41) is 3.26. The Morgan fingerprint density at radius 1 is 1.16 bits per heavy atom. The van der Waals surface area contributed by atoms with Gasteiger partial charge in [-0.1, -0.05) is 6.92 Å². The minimum atomic E-state index is 0.433. The van der Waals surface area contributed by atoms with Gasteiger partial charge in [0.15, 0.2) is 0 Å². The van der Waals surface area contributed by atoms with Crippen molar-refractivity contribution in [2.24, 2.45) is 5.92 Å². The normalized spacial score (nSPS) is 27.8. The van der Waals surface area contributed by atoms with Gasteiger partial charge in [-0.2, -0.15) is 0 Å². The molecule has 0 radical (unpaired) electrons. The van der Waals surface area contributed by atoms with E-state index < -0.39 is 0 Å². The zero-order valence-electron chi connectivity index (χ0n) is 12.7. The van der Waals surface area contributed by atoms with Crippen LogP contribution in [-0.4, -0.2) is 75.4 Å². The molecule has 0 saturated carbocycles. The van der Waals surface area contributed by atoms with Crippen molar-refractivity contribution < 1.29 is 4.74 Å². The Balaban J connectivity index is 1.64. The third-order valence-corrected chi connectivity index (χ3v) is 4.64. The number of nitrogens with one attached hydrogen (secondary N) is 1. The lowest BCUT2D eigenvalue weighted by Gasteiger charge is -2.38. The lowest BCUT2D eigenvalue weighted by atomic mass is 9.93. The maximum absolute atomic E-state index is 5.91. The fourth-order valence-corrected chi connectivity index (χ4v) is 3.27. The summed E-state index contributed by atoms with van der Waals surface area (Å²) in [7, 11) is 2.05. The highest BCUT2D eigenvalue weighted by atomic mass is 16.5. The molecule has 4 nitrogen and oxygen atoms in total. The average Bonchev–Trinajstić information content (AvgIpc) is 2.47. The van der Waals surface area contributed by atoms with Gasteiger partial charge in [-0.25, -0.2) is 0 Å².